The van der Waals surface area contributed by atoms with Crippen LogP contribution in [0.2, 0.25) is 0 Å². The van der Waals surface area contributed by atoms with Gasteiger partial charge in [-0.1, -0.05) is 6.92 Å². The molecule has 0 radical (unpaired) electrons. The van der Waals surface area contributed by atoms with Gasteiger partial charge in [-0.2, -0.15) is 5.10 Å². The van der Waals surface area contributed by atoms with Gasteiger partial charge in [0.25, 0.3) is 0 Å². The highest BCUT2D eigenvalue weighted by Crippen LogP contribution is 2.42. The molecular formula is C14H20N4OS2. The van der Waals surface area contributed by atoms with E-state index in [0.29, 0.717) is 17.0 Å². The summed E-state index contributed by atoms with van der Waals surface area (Å²) in [5.41, 5.74) is 7.85. The number of thiophene rings is 1. The van der Waals surface area contributed by atoms with E-state index < -0.39 is 0 Å². The van der Waals surface area contributed by atoms with Crippen LogP contribution in [0.5, 0.6) is 0 Å². The van der Waals surface area contributed by atoms with Crippen LogP contribution in [0.3, 0.4) is 0 Å². The van der Waals surface area contributed by atoms with Gasteiger partial charge in [0, 0.05) is 19.2 Å². The Kier molecular flexibility index (Phi) is 5.30. The van der Waals surface area contributed by atoms with Gasteiger partial charge < -0.3 is 11.1 Å². The van der Waals surface area contributed by atoms with Gasteiger partial charge in [-0.25, -0.2) is 0 Å². The number of carbonyl (C=O) groups excluding carboxylic acids is 1. The second kappa shape index (κ2) is 7.00. The molecule has 2 aromatic heterocycles. The molecule has 0 aliphatic heterocycles. The average molecular weight is 324 g/mol. The highest BCUT2D eigenvalue weighted by Gasteiger charge is 2.19. The van der Waals surface area contributed by atoms with Crippen LogP contribution < -0.4 is 11.1 Å². The van der Waals surface area contributed by atoms with Crippen molar-refractivity contribution in [3.63, 3.8) is 0 Å². The fourth-order valence-corrected chi connectivity index (χ4v) is 4.06. The predicted octanol–water partition coefficient (Wildman–Crippen LogP) is 3.26. The highest BCUT2D eigenvalue weighted by atomic mass is 32.2. The zero-order valence-corrected chi connectivity index (χ0v) is 14.1. The third kappa shape index (κ3) is 3.59. The first-order valence-electron chi connectivity index (χ1n) is 6.79. The minimum Gasteiger partial charge on any atom is -0.396 e. The quantitative estimate of drug-likeness (QED) is 0.604. The SMILES string of the molecule is CCC(=O)c1sc(NCCn2cc(C)cn2)c(SC)c1N. The molecule has 114 valence electrons. The monoisotopic (exact) mass is 324 g/mol. The average Bonchev–Trinajstić information content (AvgIpc) is 3.02. The van der Waals surface area contributed by atoms with Crippen molar-refractivity contribution in [3.05, 3.63) is 22.8 Å². The van der Waals surface area contributed by atoms with Crippen LogP contribution in [0.1, 0.15) is 28.6 Å². The molecule has 0 aromatic carbocycles. The van der Waals surface area contributed by atoms with E-state index in [1.54, 1.807) is 11.8 Å². The molecule has 0 amide bonds. The van der Waals surface area contributed by atoms with Crippen molar-refractivity contribution in [2.45, 2.75) is 31.7 Å². The number of nitrogens with one attached hydrogen (secondary N) is 1. The number of nitrogen functional groups attached to an aromatic ring is 1. The Labute approximate surface area is 132 Å². The van der Waals surface area contributed by atoms with Gasteiger partial charge in [0.05, 0.1) is 28.2 Å². The Morgan fingerprint density at radius 2 is 2.33 bits per heavy atom. The first-order valence-corrected chi connectivity index (χ1v) is 8.83. The molecule has 0 atom stereocenters. The van der Waals surface area contributed by atoms with Gasteiger partial charge in [-0.05, 0) is 18.7 Å². The van der Waals surface area contributed by atoms with Crippen LogP contribution in [0.25, 0.3) is 0 Å². The summed E-state index contributed by atoms with van der Waals surface area (Å²) < 4.78 is 1.90. The molecular weight excluding hydrogens is 304 g/mol. The molecule has 21 heavy (non-hydrogen) atoms. The van der Waals surface area contributed by atoms with E-state index in [1.807, 2.05) is 37.2 Å². The van der Waals surface area contributed by atoms with Crippen molar-refractivity contribution < 1.29 is 4.79 Å². The number of aromatic nitrogens is 2. The number of anilines is 2. The molecule has 0 saturated heterocycles. The molecule has 0 unspecified atom stereocenters. The number of carbonyl (C=O) groups is 1. The summed E-state index contributed by atoms with van der Waals surface area (Å²) >= 11 is 3.02. The van der Waals surface area contributed by atoms with E-state index in [2.05, 4.69) is 10.4 Å². The first-order chi connectivity index (χ1) is 10.1. The Morgan fingerprint density at radius 1 is 1.57 bits per heavy atom. The molecule has 2 heterocycles. The van der Waals surface area contributed by atoms with Crippen molar-refractivity contribution in [2.75, 3.05) is 23.9 Å². The van der Waals surface area contributed by atoms with Crippen molar-refractivity contribution >= 4 is 39.6 Å². The van der Waals surface area contributed by atoms with Gasteiger partial charge in [0.15, 0.2) is 5.78 Å². The maximum Gasteiger partial charge on any atom is 0.174 e. The molecule has 5 nitrogen and oxygen atoms in total. The lowest BCUT2D eigenvalue weighted by molar-refractivity contribution is 0.0992. The third-order valence-corrected chi connectivity index (χ3v) is 5.23. The van der Waals surface area contributed by atoms with Crippen molar-refractivity contribution in [2.24, 2.45) is 0 Å². The van der Waals surface area contributed by atoms with Crippen molar-refractivity contribution in [1.29, 1.82) is 0 Å². The fourth-order valence-electron chi connectivity index (χ4n) is 1.99. The maximum absolute atomic E-state index is 11.9. The van der Waals surface area contributed by atoms with Crippen molar-refractivity contribution in [1.82, 2.24) is 9.78 Å². The zero-order chi connectivity index (χ0) is 15.4. The topological polar surface area (TPSA) is 72.9 Å². The van der Waals surface area contributed by atoms with E-state index in [9.17, 15) is 4.79 Å². The third-order valence-electron chi connectivity index (χ3n) is 3.07. The van der Waals surface area contributed by atoms with Gasteiger partial charge >= 0.3 is 0 Å². The van der Waals surface area contributed by atoms with Crippen LogP contribution in [-0.4, -0.2) is 28.4 Å². The summed E-state index contributed by atoms with van der Waals surface area (Å²) in [7, 11) is 0. The second-order valence-electron chi connectivity index (χ2n) is 4.69. The molecule has 0 aliphatic rings. The number of ketones is 1. The smallest absolute Gasteiger partial charge is 0.174 e. The van der Waals surface area contributed by atoms with Crippen LogP contribution in [0.4, 0.5) is 10.7 Å². The lowest BCUT2D eigenvalue weighted by Crippen LogP contribution is -2.10. The number of thioether (sulfide) groups is 1. The molecule has 0 aliphatic carbocycles. The molecule has 0 fully saturated rings. The first kappa shape index (κ1) is 15.9. The minimum atomic E-state index is 0.101. The number of hydrogen-bond donors (Lipinski definition) is 2. The van der Waals surface area contributed by atoms with Gasteiger partial charge in [0.1, 0.15) is 5.00 Å². The number of Topliss-reactive ketones (excluding diaryl/α,β-unsaturated/α-hetero) is 1. The molecule has 2 rings (SSSR count). The lowest BCUT2D eigenvalue weighted by atomic mass is 10.2. The van der Waals surface area contributed by atoms with E-state index in [-0.39, 0.29) is 5.78 Å². The summed E-state index contributed by atoms with van der Waals surface area (Å²) in [5, 5.41) is 8.59. The minimum absolute atomic E-state index is 0.101. The highest BCUT2D eigenvalue weighted by molar-refractivity contribution is 7.99. The predicted molar refractivity (Wildman–Crippen MR) is 90.6 cm³/mol. The molecule has 0 bridgehead atoms. The van der Waals surface area contributed by atoms with Crippen LogP contribution >= 0.6 is 23.1 Å². The Bertz CT molecular complexity index is 633. The Morgan fingerprint density at radius 3 is 2.90 bits per heavy atom. The van der Waals surface area contributed by atoms with E-state index >= 15 is 0 Å². The van der Waals surface area contributed by atoms with E-state index in [0.717, 1.165) is 28.5 Å². The molecule has 2 aromatic rings. The fraction of sp³-hybridized carbons (Fsp3) is 0.429. The largest absolute Gasteiger partial charge is 0.396 e. The molecule has 0 saturated carbocycles. The molecule has 0 spiro atoms. The number of hydrogen-bond acceptors (Lipinski definition) is 6. The van der Waals surface area contributed by atoms with E-state index in [4.69, 9.17) is 5.73 Å². The summed E-state index contributed by atoms with van der Waals surface area (Å²) in [6.07, 6.45) is 6.30. The lowest BCUT2D eigenvalue weighted by Gasteiger charge is -2.06. The normalized spacial score (nSPS) is 10.8. The summed E-state index contributed by atoms with van der Waals surface area (Å²) in [6.45, 7) is 5.39. The zero-order valence-electron chi connectivity index (χ0n) is 12.5. The summed E-state index contributed by atoms with van der Waals surface area (Å²) in [6, 6.07) is 0. The second-order valence-corrected chi connectivity index (χ2v) is 6.53. The van der Waals surface area contributed by atoms with Gasteiger partial charge in [-0.3, -0.25) is 9.48 Å². The maximum atomic E-state index is 11.9. The summed E-state index contributed by atoms with van der Waals surface area (Å²) in [4.78, 5) is 13.5. The standard InChI is InChI=1S/C14H20N4OS2/c1-4-10(19)12-11(15)13(20-3)14(21-12)16-5-6-18-8-9(2)7-17-18/h7-8,16H,4-6,15H2,1-3H3. The Hall–Kier alpha value is -1.47. The number of aryl methyl sites for hydroxylation is 1. The van der Waals surface area contributed by atoms with Crippen LogP contribution in [0, 0.1) is 6.92 Å². The van der Waals surface area contributed by atoms with Crippen molar-refractivity contribution in [3.8, 4) is 0 Å². The van der Waals surface area contributed by atoms with Crippen LogP contribution in [0.15, 0.2) is 17.3 Å². The molecule has 7 heteroatoms. The van der Waals surface area contributed by atoms with Gasteiger partial charge in [-0.15, -0.1) is 23.1 Å². The molecule has 3 N–H and O–H groups in total. The van der Waals surface area contributed by atoms with Crippen LogP contribution in [-0.2, 0) is 6.54 Å². The number of rotatable bonds is 7. The van der Waals surface area contributed by atoms with E-state index in [1.165, 1.54) is 11.3 Å². The summed E-state index contributed by atoms with van der Waals surface area (Å²) in [5.74, 6) is 0.101. The Balaban J connectivity index is 2.07. The number of nitrogens with zero attached hydrogens (tertiary/aromatic N) is 2. The van der Waals surface area contributed by atoms with Gasteiger partial charge in [0.2, 0.25) is 0 Å². The number of nitrogens with two attached hydrogens (primary N) is 1.